The van der Waals surface area contributed by atoms with Crippen LogP contribution in [0.4, 0.5) is 35.1 Å². The molecule has 2 nitrogen and oxygen atoms in total. The van der Waals surface area contributed by atoms with Gasteiger partial charge < -0.3 is 5.32 Å². The highest BCUT2D eigenvalue weighted by molar-refractivity contribution is 5.85. The summed E-state index contributed by atoms with van der Waals surface area (Å²) in [6, 6.07) is -1.98. The second-order valence-electron chi connectivity index (χ2n) is 5.10. The van der Waals surface area contributed by atoms with Crippen LogP contribution in [0.25, 0.3) is 0 Å². The third kappa shape index (κ3) is 4.28. The Morgan fingerprint density at radius 1 is 0.833 bits per heavy atom. The van der Waals surface area contributed by atoms with Crippen molar-refractivity contribution in [2.45, 2.75) is 18.6 Å². The molecule has 138 valence electrons. The highest BCUT2D eigenvalue weighted by atomic mass is 35.5. The van der Waals surface area contributed by atoms with Gasteiger partial charge in [-0.1, -0.05) is 0 Å². The molecule has 0 saturated carbocycles. The van der Waals surface area contributed by atoms with Crippen LogP contribution in [0.2, 0.25) is 0 Å². The molecule has 0 radical (unpaired) electrons. The van der Waals surface area contributed by atoms with Gasteiger partial charge in [0, 0.05) is 37.8 Å². The van der Waals surface area contributed by atoms with E-state index in [1.54, 1.807) is 0 Å². The molecule has 0 unspecified atom stereocenters. The third-order valence-corrected chi connectivity index (χ3v) is 3.59. The molecular formula is C13H13ClF8N2. The second-order valence-corrected chi connectivity index (χ2v) is 5.10. The summed E-state index contributed by atoms with van der Waals surface area (Å²) < 4.78 is 106. The number of benzene rings is 1. The average molecular weight is 385 g/mol. The largest absolute Gasteiger partial charge is 0.390 e. The van der Waals surface area contributed by atoms with Gasteiger partial charge in [0.2, 0.25) is 5.82 Å². The number of hydrogen-bond donors (Lipinski definition) is 1. The number of hydrogen-bond acceptors (Lipinski definition) is 2. The summed E-state index contributed by atoms with van der Waals surface area (Å²) in [4.78, 5) is 1.06. The van der Waals surface area contributed by atoms with Crippen molar-refractivity contribution >= 4 is 12.4 Å². The fourth-order valence-electron chi connectivity index (χ4n) is 2.54. The van der Waals surface area contributed by atoms with E-state index in [0.717, 1.165) is 4.90 Å². The van der Waals surface area contributed by atoms with Crippen LogP contribution < -0.4 is 5.32 Å². The molecule has 1 aliphatic rings. The number of piperazine rings is 1. The van der Waals surface area contributed by atoms with Crippen molar-refractivity contribution in [1.29, 1.82) is 0 Å². The smallest absolute Gasteiger partial charge is 0.314 e. The van der Waals surface area contributed by atoms with Crippen LogP contribution in [-0.4, -0.2) is 37.3 Å². The van der Waals surface area contributed by atoms with Crippen LogP contribution in [-0.2, 0) is 0 Å². The third-order valence-electron chi connectivity index (χ3n) is 3.59. The van der Waals surface area contributed by atoms with Crippen LogP contribution in [0.5, 0.6) is 0 Å². The fraction of sp³-hybridized carbons (Fsp3) is 0.538. The molecule has 0 spiro atoms. The van der Waals surface area contributed by atoms with Gasteiger partial charge in [-0.25, -0.2) is 22.0 Å². The maximum Gasteiger partial charge on any atom is 0.390 e. The Bertz CT molecular complexity index is 557. The van der Waals surface area contributed by atoms with Gasteiger partial charge in [-0.05, 0) is 0 Å². The van der Waals surface area contributed by atoms with E-state index < -0.39 is 53.3 Å². The summed E-state index contributed by atoms with van der Waals surface area (Å²) in [7, 11) is 0. The zero-order valence-corrected chi connectivity index (χ0v) is 12.8. The first kappa shape index (κ1) is 20.9. The quantitative estimate of drug-likeness (QED) is 0.486. The molecule has 11 heteroatoms. The highest BCUT2D eigenvalue weighted by Gasteiger charge is 2.40. The number of alkyl halides is 3. The summed E-state index contributed by atoms with van der Waals surface area (Å²) in [5, 5.41) is 2.83. The lowest BCUT2D eigenvalue weighted by molar-refractivity contribution is -0.149. The summed E-state index contributed by atoms with van der Waals surface area (Å²) in [5.41, 5.74) is -1.44. The Labute approximate surface area is 138 Å². The zero-order valence-electron chi connectivity index (χ0n) is 12.0. The van der Waals surface area contributed by atoms with Crippen molar-refractivity contribution < 1.29 is 35.1 Å². The summed E-state index contributed by atoms with van der Waals surface area (Å²) in [6.07, 6.45) is -6.55. The number of nitrogens with zero attached hydrogens (tertiary/aromatic N) is 1. The maximum absolute atomic E-state index is 13.9. The van der Waals surface area contributed by atoms with E-state index in [-0.39, 0.29) is 38.6 Å². The van der Waals surface area contributed by atoms with Gasteiger partial charge >= 0.3 is 6.18 Å². The van der Waals surface area contributed by atoms with Crippen molar-refractivity contribution in [1.82, 2.24) is 10.2 Å². The number of nitrogens with one attached hydrogen (secondary N) is 1. The first-order valence-corrected chi connectivity index (χ1v) is 6.66. The van der Waals surface area contributed by atoms with E-state index in [4.69, 9.17) is 0 Å². The molecule has 1 saturated heterocycles. The monoisotopic (exact) mass is 384 g/mol. The van der Waals surface area contributed by atoms with E-state index in [1.165, 1.54) is 0 Å². The van der Waals surface area contributed by atoms with Crippen molar-refractivity contribution in [3.05, 3.63) is 34.6 Å². The van der Waals surface area contributed by atoms with Crippen LogP contribution in [0.3, 0.4) is 0 Å². The molecule has 1 aromatic carbocycles. The minimum atomic E-state index is -4.84. The normalized spacial score (nSPS) is 17.5. The molecule has 24 heavy (non-hydrogen) atoms. The van der Waals surface area contributed by atoms with E-state index in [0.29, 0.717) is 0 Å². The standard InChI is InChI=1S/C13H12F8N2.ClH/c14-8-7(9(15)11(17)12(18)10(8)16)6(5-13(19,20)21)23-3-1-22-2-4-23;/h6,22H,1-5H2;1H/t6-;/m0./s1. The van der Waals surface area contributed by atoms with E-state index in [1.807, 2.05) is 0 Å². The maximum atomic E-state index is 13.9. The van der Waals surface area contributed by atoms with Gasteiger partial charge in [0.05, 0.1) is 6.42 Å². The lowest BCUT2D eigenvalue weighted by atomic mass is 9.98. The SMILES string of the molecule is Cl.Fc1c(F)c(F)c([C@H](CC(F)(F)F)N2CCNCC2)c(F)c1F. The van der Waals surface area contributed by atoms with Gasteiger partial charge in [-0.3, -0.25) is 4.90 Å². The van der Waals surface area contributed by atoms with Gasteiger partial charge in [0.1, 0.15) is 0 Å². The van der Waals surface area contributed by atoms with E-state index in [2.05, 4.69) is 5.32 Å². The summed E-state index contributed by atoms with van der Waals surface area (Å²) in [6.45, 7) is 0.452. The Balaban J connectivity index is 0.00000288. The summed E-state index contributed by atoms with van der Waals surface area (Å²) in [5.74, 6) is -11.3. The van der Waals surface area contributed by atoms with Crippen LogP contribution in [0.15, 0.2) is 0 Å². The molecule has 0 aliphatic carbocycles. The molecule has 1 fully saturated rings. The van der Waals surface area contributed by atoms with Crippen molar-refractivity contribution in [3.8, 4) is 0 Å². The molecule has 1 N–H and O–H groups in total. The second kappa shape index (κ2) is 7.83. The molecule has 1 aromatic rings. The van der Waals surface area contributed by atoms with Crippen molar-refractivity contribution in [2.75, 3.05) is 26.2 Å². The Morgan fingerprint density at radius 2 is 1.25 bits per heavy atom. The molecule has 0 aromatic heterocycles. The molecule has 0 bridgehead atoms. The minimum absolute atomic E-state index is 0. The lowest BCUT2D eigenvalue weighted by Crippen LogP contribution is -2.46. The first-order valence-electron chi connectivity index (χ1n) is 6.66. The van der Waals surface area contributed by atoms with Gasteiger partial charge in [0.25, 0.3) is 0 Å². The molecule has 2 rings (SSSR count). The van der Waals surface area contributed by atoms with Crippen molar-refractivity contribution in [2.24, 2.45) is 0 Å². The average Bonchev–Trinajstić information content (AvgIpc) is 2.50. The van der Waals surface area contributed by atoms with E-state index in [9.17, 15) is 35.1 Å². The Morgan fingerprint density at radius 3 is 1.67 bits per heavy atom. The van der Waals surface area contributed by atoms with Gasteiger partial charge in [0.15, 0.2) is 23.3 Å². The molecule has 1 aliphatic heterocycles. The molecular weight excluding hydrogens is 372 g/mol. The topological polar surface area (TPSA) is 15.3 Å². The summed E-state index contributed by atoms with van der Waals surface area (Å²) >= 11 is 0. The van der Waals surface area contributed by atoms with Crippen LogP contribution in [0, 0.1) is 29.1 Å². The zero-order chi connectivity index (χ0) is 17.4. The predicted octanol–water partition coefficient (Wildman–Crippen LogP) is 3.70. The van der Waals surface area contributed by atoms with Crippen LogP contribution in [0.1, 0.15) is 18.0 Å². The molecule has 1 atom stereocenters. The highest BCUT2D eigenvalue weighted by Crippen LogP contribution is 2.38. The number of halogens is 9. The van der Waals surface area contributed by atoms with Crippen LogP contribution >= 0.6 is 12.4 Å². The lowest BCUT2D eigenvalue weighted by Gasteiger charge is -2.36. The number of rotatable bonds is 3. The van der Waals surface area contributed by atoms with Crippen molar-refractivity contribution in [3.63, 3.8) is 0 Å². The Kier molecular flexibility index (Phi) is 6.83. The minimum Gasteiger partial charge on any atom is -0.314 e. The Hall–Kier alpha value is -1.13. The van der Waals surface area contributed by atoms with Gasteiger partial charge in [-0.15, -0.1) is 12.4 Å². The first-order chi connectivity index (χ1) is 10.6. The molecule has 0 amide bonds. The van der Waals surface area contributed by atoms with E-state index >= 15 is 0 Å². The van der Waals surface area contributed by atoms with Gasteiger partial charge in [-0.2, -0.15) is 13.2 Å². The predicted molar refractivity (Wildman–Crippen MR) is 71.3 cm³/mol. The fourth-order valence-corrected chi connectivity index (χ4v) is 2.54. The molecule has 1 heterocycles.